The van der Waals surface area contributed by atoms with Gasteiger partial charge < -0.3 is 10.1 Å². The van der Waals surface area contributed by atoms with Crippen LogP contribution in [0.1, 0.15) is 116 Å². The molecule has 0 unspecified atom stereocenters. The summed E-state index contributed by atoms with van der Waals surface area (Å²) in [6.07, 6.45) is 4.36. The normalized spacial score (nSPS) is 13.2. The average Bonchev–Trinajstić information content (AvgIpc) is 2.43. The molecular formula is C23H49NOS. The molecule has 0 saturated carbocycles. The lowest BCUT2D eigenvalue weighted by atomic mass is 9.75. The fourth-order valence-electron chi connectivity index (χ4n) is 2.27. The molecule has 3 heteroatoms. The van der Waals surface area contributed by atoms with Crippen LogP contribution in [0.2, 0.25) is 0 Å². The van der Waals surface area contributed by atoms with E-state index in [2.05, 4.69) is 81.5 Å². The fraction of sp³-hybridized carbons (Fsp3) is 0.957. The molecule has 158 valence electrons. The third kappa shape index (κ3) is 13.8. The maximum absolute atomic E-state index is 6.10. The Morgan fingerprint density at radius 1 is 0.808 bits per heavy atom. The van der Waals surface area contributed by atoms with Crippen molar-refractivity contribution in [3.63, 3.8) is 0 Å². The van der Waals surface area contributed by atoms with Gasteiger partial charge in [0.15, 0.2) is 0 Å². The standard InChI is InChI=1S/C21H43NOS.C2H6/c1-16(2)19(6,7)13-15-21(10,11)23-17(24)22-20(8,9)14-12-18(3,4)5;1-2/h16H,12-15H2,1-11H3,(H,22,24);1-2H3. The van der Waals surface area contributed by atoms with E-state index < -0.39 is 0 Å². The van der Waals surface area contributed by atoms with Crippen molar-refractivity contribution in [2.75, 3.05) is 0 Å². The molecule has 0 heterocycles. The van der Waals surface area contributed by atoms with Crippen molar-refractivity contribution < 1.29 is 4.74 Å². The van der Waals surface area contributed by atoms with Gasteiger partial charge in [0.2, 0.25) is 0 Å². The van der Waals surface area contributed by atoms with E-state index in [4.69, 9.17) is 17.0 Å². The zero-order valence-electron chi connectivity index (χ0n) is 20.2. The minimum absolute atomic E-state index is 0.0440. The Kier molecular flexibility index (Phi) is 11.7. The van der Waals surface area contributed by atoms with Gasteiger partial charge in [-0.25, -0.2) is 0 Å². The van der Waals surface area contributed by atoms with Gasteiger partial charge in [0.25, 0.3) is 5.17 Å². The van der Waals surface area contributed by atoms with E-state index in [9.17, 15) is 0 Å². The first-order chi connectivity index (χ1) is 11.5. The van der Waals surface area contributed by atoms with Crippen LogP contribution in [0.5, 0.6) is 0 Å². The van der Waals surface area contributed by atoms with Crippen LogP contribution in [-0.4, -0.2) is 16.3 Å². The summed E-state index contributed by atoms with van der Waals surface area (Å²) in [5.74, 6) is 0.662. The van der Waals surface area contributed by atoms with Crippen LogP contribution >= 0.6 is 12.2 Å². The Bertz CT molecular complexity index is 403. The van der Waals surface area contributed by atoms with Crippen LogP contribution in [-0.2, 0) is 4.74 Å². The average molecular weight is 388 g/mol. The van der Waals surface area contributed by atoms with Gasteiger partial charge in [-0.2, -0.15) is 0 Å². The molecule has 0 aromatic rings. The zero-order chi connectivity index (χ0) is 21.4. The van der Waals surface area contributed by atoms with E-state index in [1.165, 1.54) is 0 Å². The largest absolute Gasteiger partial charge is 0.465 e. The van der Waals surface area contributed by atoms with Gasteiger partial charge >= 0.3 is 0 Å². The molecule has 2 nitrogen and oxygen atoms in total. The Labute approximate surface area is 171 Å². The molecule has 0 aliphatic rings. The highest BCUT2D eigenvalue weighted by atomic mass is 32.1. The highest BCUT2D eigenvalue weighted by molar-refractivity contribution is 7.80. The Balaban J connectivity index is 0. The highest BCUT2D eigenvalue weighted by Gasteiger charge is 2.30. The van der Waals surface area contributed by atoms with Crippen LogP contribution in [0.25, 0.3) is 0 Å². The highest BCUT2D eigenvalue weighted by Crippen LogP contribution is 2.34. The summed E-state index contributed by atoms with van der Waals surface area (Å²) in [5.41, 5.74) is 0.374. The Morgan fingerprint density at radius 2 is 1.27 bits per heavy atom. The predicted octanol–water partition coefficient (Wildman–Crippen LogP) is 7.75. The number of ether oxygens (including phenoxy) is 1. The lowest BCUT2D eigenvalue weighted by molar-refractivity contribution is 0.0582. The third-order valence-electron chi connectivity index (χ3n) is 5.24. The van der Waals surface area contributed by atoms with E-state index >= 15 is 0 Å². The zero-order valence-corrected chi connectivity index (χ0v) is 21.0. The second-order valence-corrected chi connectivity index (χ2v) is 11.2. The molecule has 0 aromatic carbocycles. The van der Waals surface area contributed by atoms with Gasteiger partial charge in [-0.05, 0) is 82.3 Å². The number of nitrogens with one attached hydrogen (secondary N) is 1. The molecule has 0 radical (unpaired) electrons. The van der Waals surface area contributed by atoms with Crippen molar-refractivity contribution >= 4 is 17.4 Å². The van der Waals surface area contributed by atoms with Crippen molar-refractivity contribution in [3.05, 3.63) is 0 Å². The van der Waals surface area contributed by atoms with Crippen LogP contribution in [0.3, 0.4) is 0 Å². The summed E-state index contributed by atoms with van der Waals surface area (Å²) in [4.78, 5) is 0. The summed E-state index contributed by atoms with van der Waals surface area (Å²) >= 11 is 5.48. The van der Waals surface area contributed by atoms with Crippen LogP contribution in [0, 0.1) is 16.7 Å². The first-order valence-electron chi connectivity index (χ1n) is 10.5. The first kappa shape index (κ1) is 27.9. The summed E-state index contributed by atoms with van der Waals surface area (Å²) < 4.78 is 6.10. The fourth-order valence-corrected chi connectivity index (χ4v) is 2.77. The topological polar surface area (TPSA) is 21.3 Å². The molecule has 0 aliphatic heterocycles. The number of thiocarbonyl (C=S) groups is 1. The quantitative estimate of drug-likeness (QED) is 0.430. The van der Waals surface area contributed by atoms with Crippen molar-refractivity contribution in [1.29, 1.82) is 0 Å². The molecular weight excluding hydrogens is 338 g/mol. The second-order valence-electron chi connectivity index (χ2n) is 10.9. The molecule has 0 amide bonds. The first-order valence-corrected chi connectivity index (χ1v) is 10.9. The van der Waals surface area contributed by atoms with E-state index in [-0.39, 0.29) is 11.1 Å². The third-order valence-corrected chi connectivity index (χ3v) is 5.43. The number of hydrogen-bond acceptors (Lipinski definition) is 2. The monoisotopic (exact) mass is 387 g/mol. The molecule has 0 spiro atoms. The maximum atomic E-state index is 6.10. The summed E-state index contributed by atoms with van der Waals surface area (Å²) in [6, 6.07) is 0. The van der Waals surface area contributed by atoms with Crippen molar-refractivity contribution in [3.8, 4) is 0 Å². The van der Waals surface area contributed by atoms with Crippen molar-refractivity contribution in [1.82, 2.24) is 5.32 Å². The van der Waals surface area contributed by atoms with E-state index in [0.29, 0.717) is 21.9 Å². The molecule has 0 atom stereocenters. The maximum Gasteiger partial charge on any atom is 0.257 e. The minimum atomic E-state index is -0.240. The summed E-state index contributed by atoms with van der Waals surface area (Å²) in [6.45, 7) is 28.7. The lowest BCUT2D eigenvalue weighted by Crippen LogP contribution is -2.46. The van der Waals surface area contributed by atoms with Crippen molar-refractivity contribution in [2.45, 2.75) is 127 Å². The molecule has 0 rings (SSSR count). The lowest BCUT2D eigenvalue weighted by Gasteiger charge is -2.36. The van der Waals surface area contributed by atoms with E-state index in [1.807, 2.05) is 13.8 Å². The molecule has 0 saturated heterocycles. The van der Waals surface area contributed by atoms with Crippen molar-refractivity contribution in [2.24, 2.45) is 16.7 Å². The molecule has 0 bridgehead atoms. The molecule has 0 aliphatic carbocycles. The van der Waals surface area contributed by atoms with Gasteiger partial charge in [-0.15, -0.1) is 0 Å². The molecule has 1 N–H and O–H groups in total. The number of hydrogen-bond donors (Lipinski definition) is 1. The number of rotatable bonds is 8. The minimum Gasteiger partial charge on any atom is -0.465 e. The van der Waals surface area contributed by atoms with Crippen LogP contribution in [0.15, 0.2) is 0 Å². The summed E-state index contributed by atoms with van der Waals surface area (Å²) in [7, 11) is 0. The summed E-state index contributed by atoms with van der Waals surface area (Å²) in [5, 5.41) is 3.94. The Hall–Kier alpha value is -0.310. The van der Waals surface area contributed by atoms with Gasteiger partial charge in [0, 0.05) is 5.54 Å². The van der Waals surface area contributed by atoms with E-state index in [1.54, 1.807) is 0 Å². The predicted molar refractivity (Wildman–Crippen MR) is 123 cm³/mol. The second kappa shape index (κ2) is 10.9. The van der Waals surface area contributed by atoms with Gasteiger partial charge in [-0.1, -0.05) is 62.3 Å². The Morgan fingerprint density at radius 3 is 1.65 bits per heavy atom. The van der Waals surface area contributed by atoms with Gasteiger partial charge in [-0.3, -0.25) is 0 Å². The molecule has 26 heavy (non-hydrogen) atoms. The van der Waals surface area contributed by atoms with E-state index in [0.717, 1.165) is 25.7 Å². The molecule has 0 aromatic heterocycles. The van der Waals surface area contributed by atoms with Crippen LogP contribution in [0.4, 0.5) is 0 Å². The molecule has 0 fully saturated rings. The van der Waals surface area contributed by atoms with Gasteiger partial charge in [0.1, 0.15) is 5.60 Å². The van der Waals surface area contributed by atoms with Crippen LogP contribution < -0.4 is 5.32 Å². The SMILES string of the molecule is CC.CC(C)C(C)(C)CCC(C)(C)OC(=S)NC(C)(C)CCC(C)(C)C. The smallest absolute Gasteiger partial charge is 0.257 e. The van der Waals surface area contributed by atoms with Gasteiger partial charge in [0.05, 0.1) is 0 Å².